The number of piperazine rings is 1. The van der Waals surface area contributed by atoms with E-state index in [9.17, 15) is 9.50 Å². The van der Waals surface area contributed by atoms with E-state index in [2.05, 4.69) is 27.0 Å². The van der Waals surface area contributed by atoms with Crippen LogP contribution in [0.15, 0.2) is 36.5 Å². The molecule has 46 heavy (non-hydrogen) atoms. The quantitative estimate of drug-likeness (QED) is 0.273. The van der Waals surface area contributed by atoms with Crippen molar-refractivity contribution >= 4 is 27.5 Å². The lowest BCUT2D eigenvalue weighted by atomic mass is 9.89. The Morgan fingerprint density at radius 3 is 2.74 bits per heavy atom. The number of anilines is 1. The summed E-state index contributed by atoms with van der Waals surface area (Å²) in [4.78, 5) is 18.9. The summed E-state index contributed by atoms with van der Waals surface area (Å²) >= 11 is 0. The number of nitrogens with zero attached hydrogens (tertiary/aromatic N) is 5. The minimum Gasteiger partial charge on any atom is -0.508 e. The van der Waals surface area contributed by atoms with Crippen molar-refractivity contribution in [2.75, 3.05) is 31.1 Å². The number of alkyl halides is 1. The van der Waals surface area contributed by atoms with E-state index >= 15 is 4.39 Å². The maximum atomic E-state index is 16.9. The molecule has 240 valence electrons. The van der Waals surface area contributed by atoms with E-state index in [1.165, 1.54) is 12.8 Å². The van der Waals surface area contributed by atoms with Crippen LogP contribution in [-0.4, -0.2) is 81.0 Å². The van der Waals surface area contributed by atoms with E-state index in [4.69, 9.17) is 14.7 Å². The third-order valence-corrected chi connectivity index (χ3v) is 11.6. The number of fused-ring (bicyclic) bond motifs is 7. The van der Waals surface area contributed by atoms with Gasteiger partial charge in [-0.15, -0.1) is 0 Å². The van der Waals surface area contributed by atoms with Crippen molar-refractivity contribution in [1.29, 1.82) is 0 Å². The van der Waals surface area contributed by atoms with Gasteiger partial charge in [-0.2, -0.15) is 9.97 Å². The number of aryl methyl sites for hydroxylation is 1. The zero-order valence-electron chi connectivity index (χ0n) is 26.2. The van der Waals surface area contributed by atoms with Gasteiger partial charge in [-0.3, -0.25) is 9.88 Å². The topological polar surface area (TPSA) is 86.6 Å². The van der Waals surface area contributed by atoms with Gasteiger partial charge in [0.25, 0.3) is 0 Å². The molecule has 5 aliphatic rings. The first kappa shape index (κ1) is 28.6. The molecule has 2 unspecified atom stereocenters. The summed E-state index contributed by atoms with van der Waals surface area (Å²) in [6, 6.07) is 10.4. The van der Waals surface area contributed by atoms with E-state index in [-0.39, 0.29) is 35.1 Å². The lowest BCUT2D eigenvalue weighted by molar-refractivity contribution is 0.0832. The number of rotatable bonds is 6. The molecular weight excluding hydrogens is 586 g/mol. The molecule has 1 aliphatic carbocycles. The van der Waals surface area contributed by atoms with Crippen molar-refractivity contribution < 1.29 is 18.6 Å². The highest BCUT2D eigenvalue weighted by Gasteiger charge is 2.58. The summed E-state index contributed by atoms with van der Waals surface area (Å²) in [6.07, 6.45) is 8.63. The van der Waals surface area contributed by atoms with Crippen LogP contribution < -0.4 is 15.0 Å². The number of hydrogen-bond donors (Lipinski definition) is 2. The third kappa shape index (κ3) is 4.47. The number of phenolic OH excluding ortho intramolecular Hbond substituents is 1. The Bertz CT molecular complexity index is 1840. The fraction of sp³-hybridized carbons (Fsp3) is 0.528. The molecule has 8 nitrogen and oxygen atoms in total. The van der Waals surface area contributed by atoms with Crippen molar-refractivity contribution in [2.24, 2.45) is 5.92 Å². The minimum atomic E-state index is -0.870. The van der Waals surface area contributed by atoms with Gasteiger partial charge in [-0.25, -0.2) is 8.78 Å². The molecule has 10 heteroatoms. The molecule has 2 aromatic carbocycles. The Balaban J connectivity index is 1.16. The van der Waals surface area contributed by atoms with Gasteiger partial charge in [-0.05, 0) is 72.9 Å². The molecule has 2 N–H and O–H groups in total. The number of pyridine rings is 1. The molecule has 2 aromatic heterocycles. The molecule has 9 rings (SSSR count). The highest BCUT2D eigenvalue weighted by atomic mass is 19.1. The van der Waals surface area contributed by atoms with E-state index in [1.807, 2.05) is 18.2 Å². The Morgan fingerprint density at radius 1 is 1.07 bits per heavy atom. The van der Waals surface area contributed by atoms with Gasteiger partial charge in [0, 0.05) is 55.9 Å². The van der Waals surface area contributed by atoms with Crippen LogP contribution >= 0.6 is 0 Å². The van der Waals surface area contributed by atoms with E-state index in [1.54, 1.807) is 18.3 Å². The second-order valence-electron chi connectivity index (χ2n) is 14.3. The van der Waals surface area contributed by atoms with Crippen LogP contribution in [0.5, 0.6) is 11.8 Å². The van der Waals surface area contributed by atoms with Crippen molar-refractivity contribution in [3.63, 3.8) is 0 Å². The van der Waals surface area contributed by atoms with E-state index < -0.39 is 12.0 Å². The number of nitrogens with one attached hydrogen (secondary N) is 1. The maximum Gasteiger partial charge on any atom is 0.319 e. The number of benzene rings is 2. The monoisotopic (exact) mass is 626 g/mol. The van der Waals surface area contributed by atoms with Crippen LogP contribution in [0.4, 0.5) is 14.6 Å². The summed E-state index contributed by atoms with van der Waals surface area (Å²) in [5.74, 6) is 0.686. The summed E-state index contributed by atoms with van der Waals surface area (Å²) in [5.41, 5.74) is 1.48. The fourth-order valence-electron chi connectivity index (χ4n) is 9.70. The maximum absolute atomic E-state index is 16.9. The predicted molar refractivity (Wildman–Crippen MR) is 174 cm³/mol. The van der Waals surface area contributed by atoms with Crippen LogP contribution in [0.25, 0.3) is 32.9 Å². The number of aromatic nitrogens is 3. The highest BCUT2D eigenvalue weighted by molar-refractivity contribution is 6.01. The molecule has 0 spiro atoms. The van der Waals surface area contributed by atoms with Crippen molar-refractivity contribution in [2.45, 2.75) is 88.1 Å². The number of ether oxygens (including phenoxy) is 1. The molecule has 5 fully saturated rings. The Kier molecular flexibility index (Phi) is 6.65. The SMILES string of the molecule is CCc1cccc2cc(O)cc(-c3ncc4c(N5CC6CCC(C5)N6)nc(OC[C@]56C[C@H](F)CN5[C@H]5CCC[C@H]5C6)nc4c3F)c12. The molecule has 4 saturated heterocycles. The van der Waals surface area contributed by atoms with Gasteiger partial charge in [0.15, 0.2) is 5.82 Å². The third-order valence-electron chi connectivity index (χ3n) is 11.6. The average Bonchev–Trinajstić information content (AvgIpc) is 3.79. The van der Waals surface area contributed by atoms with Crippen LogP contribution in [-0.2, 0) is 6.42 Å². The minimum absolute atomic E-state index is 0.0496. The number of aromatic hydroxyl groups is 1. The average molecular weight is 627 g/mol. The molecule has 6 heterocycles. The Hall–Kier alpha value is -3.63. The molecule has 1 saturated carbocycles. The molecule has 2 bridgehead atoms. The van der Waals surface area contributed by atoms with Crippen LogP contribution in [0.1, 0.15) is 57.4 Å². The Morgan fingerprint density at radius 2 is 1.91 bits per heavy atom. The first-order valence-corrected chi connectivity index (χ1v) is 17.0. The number of hydrogen-bond acceptors (Lipinski definition) is 8. The zero-order valence-corrected chi connectivity index (χ0v) is 26.2. The zero-order chi connectivity index (χ0) is 31.2. The van der Waals surface area contributed by atoms with Crippen molar-refractivity contribution in [3.05, 3.63) is 47.9 Å². The summed E-state index contributed by atoms with van der Waals surface area (Å²) in [6.45, 7) is 4.32. The van der Waals surface area contributed by atoms with Gasteiger partial charge in [-0.1, -0.05) is 31.5 Å². The first-order chi connectivity index (χ1) is 22.4. The highest BCUT2D eigenvalue weighted by Crippen LogP contribution is 2.52. The fourth-order valence-corrected chi connectivity index (χ4v) is 9.70. The van der Waals surface area contributed by atoms with Gasteiger partial charge in [0.1, 0.15) is 35.6 Å². The smallest absolute Gasteiger partial charge is 0.319 e. The molecular formula is C36H40F2N6O2. The van der Waals surface area contributed by atoms with Crippen LogP contribution in [0.3, 0.4) is 0 Å². The Labute approximate surface area is 267 Å². The lowest BCUT2D eigenvalue weighted by Crippen LogP contribution is -2.51. The van der Waals surface area contributed by atoms with Crippen molar-refractivity contribution in [3.8, 4) is 23.0 Å². The van der Waals surface area contributed by atoms with Gasteiger partial charge >= 0.3 is 6.01 Å². The molecule has 0 radical (unpaired) electrons. The number of halogens is 2. The largest absolute Gasteiger partial charge is 0.508 e. The van der Waals surface area contributed by atoms with E-state index in [0.717, 1.165) is 61.5 Å². The summed E-state index contributed by atoms with van der Waals surface area (Å²) < 4.78 is 38.3. The second kappa shape index (κ2) is 10.7. The number of phenols is 1. The van der Waals surface area contributed by atoms with Crippen LogP contribution in [0, 0.1) is 11.7 Å². The standard InChI is InChI=1S/C36H40F2N6O2/c1-2-20-5-3-6-21-11-26(45)12-27(30(20)21)32-31(38)33-28(15-39-32)34(43-17-24-9-10-25(18-43)40-24)42-35(41-33)46-19-36-13-22-7-4-8-29(22)44(36)16-23(37)14-36/h3,5-6,11-12,15,22-25,29,40,45H,2,4,7-10,13-14,16-19H2,1H3/t22-,23-,24?,25?,29-,36-/m0/s1. The van der Waals surface area contributed by atoms with Gasteiger partial charge in [0.05, 0.1) is 10.9 Å². The van der Waals surface area contributed by atoms with Crippen molar-refractivity contribution in [1.82, 2.24) is 25.2 Å². The van der Waals surface area contributed by atoms with Gasteiger partial charge in [0.2, 0.25) is 0 Å². The molecule has 4 aromatic rings. The molecule has 0 amide bonds. The van der Waals surface area contributed by atoms with Gasteiger partial charge < -0.3 is 20.1 Å². The van der Waals surface area contributed by atoms with E-state index in [0.29, 0.717) is 53.8 Å². The normalized spacial score (nSPS) is 30.4. The predicted octanol–water partition coefficient (Wildman–Crippen LogP) is 5.93. The second-order valence-corrected chi connectivity index (χ2v) is 14.3. The summed E-state index contributed by atoms with van der Waals surface area (Å²) in [5, 5.41) is 16.5. The first-order valence-electron chi connectivity index (χ1n) is 17.0. The van der Waals surface area contributed by atoms with Crippen LogP contribution in [0.2, 0.25) is 0 Å². The molecule has 6 atom stereocenters. The molecule has 4 aliphatic heterocycles. The lowest BCUT2D eigenvalue weighted by Gasteiger charge is -2.35. The summed E-state index contributed by atoms with van der Waals surface area (Å²) in [7, 11) is 0.